The van der Waals surface area contributed by atoms with E-state index in [9.17, 15) is 4.79 Å². The van der Waals surface area contributed by atoms with E-state index in [0.717, 1.165) is 45.5 Å². The fourth-order valence-corrected chi connectivity index (χ4v) is 6.99. The molecule has 3 aliphatic rings. The Hall–Kier alpha value is -2.74. The minimum Gasteiger partial charge on any atom is -0.337 e. The molecule has 36 heavy (non-hydrogen) atoms. The van der Waals surface area contributed by atoms with Crippen LogP contribution in [-0.2, 0) is 6.42 Å². The third-order valence-corrected chi connectivity index (χ3v) is 9.27. The summed E-state index contributed by atoms with van der Waals surface area (Å²) in [6.07, 6.45) is 8.47. The number of aryl methyl sites for hydroxylation is 1. The molecule has 1 aliphatic carbocycles. The van der Waals surface area contributed by atoms with Crippen LogP contribution in [0.25, 0.3) is 21.8 Å². The monoisotopic (exact) mass is 566 g/mol. The highest BCUT2D eigenvalue weighted by Crippen LogP contribution is 2.49. The molecule has 5 heterocycles. The maximum absolute atomic E-state index is 15.7. The molecule has 2 aliphatic heterocycles. The molecule has 0 amide bonds. The van der Waals surface area contributed by atoms with Gasteiger partial charge in [-0.05, 0) is 65.6 Å². The van der Waals surface area contributed by atoms with Crippen LogP contribution in [0.4, 0.5) is 4.39 Å². The summed E-state index contributed by atoms with van der Waals surface area (Å²) >= 11 is 4.91. The van der Waals surface area contributed by atoms with Crippen LogP contribution in [0.3, 0.4) is 0 Å². The van der Waals surface area contributed by atoms with Crippen LogP contribution in [0.5, 0.6) is 0 Å². The molecule has 3 fully saturated rings. The van der Waals surface area contributed by atoms with E-state index in [1.807, 2.05) is 19.2 Å². The fraction of sp³-hybridized carbons (Fsp3) is 0.385. The SMILES string of the molecule is CSc1nc2c(F)c(Br)c(CCC#N)cc2c2c1cc([C@@H](C)n1ccncc1=O)n2[C@H]1[C@H]2CN[C@@H]1C2. The Kier molecular flexibility index (Phi) is 5.90. The number of nitrogens with one attached hydrogen (secondary N) is 1. The predicted octanol–water partition coefficient (Wildman–Crippen LogP) is 4.97. The lowest BCUT2D eigenvalue weighted by molar-refractivity contribution is 0.219. The average Bonchev–Trinajstić information content (AvgIpc) is 3.61. The number of fused-ring (bicyclic) bond motifs is 4. The highest BCUT2D eigenvalue weighted by molar-refractivity contribution is 9.10. The largest absolute Gasteiger partial charge is 0.337 e. The predicted molar refractivity (Wildman–Crippen MR) is 142 cm³/mol. The topological polar surface area (TPSA) is 88.5 Å². The molecule has 7 nitrogen and oxygen atoms in total. The van der Waals surface area contributed by atoms with Crippen molar-refractivity contribution in [2.24, 2.45) is 5.92 Å². The van der Waals surface area contributed by atoms with Crippen molar-refractivity contribution in [3.05, 3.63) is 62.6 Å². The van der Waals surface area contributed by atoms with Gasteiger partial charge in [0.1, 0.15) is 10.5 Å². The first-order chi connectivity index (χ1) is 17.4. The van der Waals surface area contributed by atoms with Crippen LogP contribution in [0, 0.1) is 23.1 Å². The third-order valence-electron chi connectivity index (χ3n) is 7.71. The maximum Gasteiger partial charge on any atom is 0.269 e. The Morgan fingerprint density at radius 1 is 1.39 bits per heavy atom. The first kappa shape index (κ1) is 23.6. The van der Waals surface area contributed by atoms with Crippen LogP contribution in [0.2, 0.25) is 0 Å². The van der Waals surface area contributed by atoms with Crippen LogP contribution >= 0.6 is 27.7 Å². The van der Waals surface area contributed by atoms with Gasteiger partial charge < -0.3 is 14.5 Å². The van der Waals surface area contributed by atoms with Crippen LogP contribution in [0.1, 0.15) is 43.1 Å². The van der Waals surface area contributed by atoms with Gasteiger partial charge in [0.15, 0.2) is 5.82 Å². The molecule has 7 rings (SSSR count). The van der Waals surface area contributed by atoms with Gasteiger partial charge in [-0.25, -0.2) is 9.37 Å². The van der Waals surface area contributed by atoms with Gasteiger partial charge in [0, 0.05) is 47.9 Å². The first-order valence-electron chi connectivity index (χ1n) is 12.0. The number of nitrogens with zero attached hydrogens (tertiary/aromatic N) is 5. The third kappa shape index (κ3) is 3.44. The maximum atomic E-state index is 15.7. The van der Waals surface area contributed by atoms with Gasteiger partial charge in [-0.3, -0.25) is 9.78 Å². The fourth-order valence-electron chi connectivity index (χ4n) is 5.93. The molecule has 3 aromatic heterocycles. The van der Waals surface area contributed by atoms with Crippen molar-refractivity contribution < 1.29 is 4.39 Å². The summed E-state index contributed by atoms with van der Waals surface area (Å²) in [7, 11) is 0. The van der Waals surface area contributed by atoms with Gasteiger partial charge in [0.05, 0.1) is 34.3 Å². The van der Waals surface area contributed by atoms with E-state index < -0.39 is 5.82 Å². The summed E-state index contributed by atoms with van der Waals surface area (Å²) in [4.78, 5) is 21.4. The van der Waals surface area contributed by atoms with E-state index in [2.05, 4.69) is 42.9 Å². The molecule has 1 aromatic carbocycles. The Labute approximate surface area is 219 Å². The molecule has 2 saturated heterocycles. The summed E-state index contributed by atoms with van der Waals surface area (Å²) in [5.41, 5.74) is 2.84. The lowest BCUT2D eigenvalue weighted by Crippen LogP contribution is -2.40. The van der Waals surface area contributed by atoms with Gasteiger partial charge in [-0.15, -0.1) is 11.8 Å². The molecule has 10 heteroatoms. The lowest BCUT2D eigenvalue weighted by atomic mass is 9.79. The molecule has 4 aromatic rings. The number of thioether (sulfide) groups is 1. The van der Waals surface area contributed by atoms with Crippen molar-refractivity contribution in [3.8, 4) is 6.07 Å². The minimum absolute atomic E-state index is 0.168. The quantitative estimate of drug-likeness (QED) is 0.331. The van der Waals surface area contributed by atoms with Crippen LogP contribution in [-0.4, -0.2) is 37.9 Å². The smallest absolute Gasteiger partial charge is 0.269 e. The highest BCUT2D eigenvalue weighted by atomic mass is 79.9. The highest BCUT2D eigenvalue weighted by Gasteiger charge is 2.49. The zero-order chi connectivity index (χ0) is 25.1. The molecule has 1 saturated carbocycles. The number of nitriles is 1. The van der Waals surface area contributed by atoms with Gasteiger partial charge in [-0.1, -0.05) is 0 Å². The molecule has 0 radical (unpaired) electrons. The summed E-state index contributed by atoms with van der Waals surface area (Å²) in [5, 5.41) is 15.2. The van der Waals surface area contributed by atoms with Crippen molar-refractivity contribution in [3.63, 3.8) is 0 Å². The summed E-state index contributed by atoms with van der Waals surface area (Å²) in [6, 6.07) is 6.57. The average molecular weight is 567 g/mol. The number of halogens is 2. The molecular weight excluding hydrogens is 543 g/mol. The molecule has 1 N–H and O–H groups in total. The number of hydrogen-bond donors (Lipinski definition) is 1. The van der Waals surface area contributed by atoms with Gasteiger partial charge >= 0.3 is 0 Å². The number of pyridine rings is 1. The molecule has 184 valence electrons. The van der Waals surface area contributed by atoms with Crippen molar-refractivity contribution in [1.82, 2.24) is 24.4 Å². The van der Waals surface area contributed by atoms with Crippen LogP contribution < -0.4 is 10.9 Å². The summed E-state index contributed by atoms with van der Waals surface area (Å²) in [5.74, 6) is 0.0741. The Morgan fingerprint density at radius 3 is 2.89 bits per heavy atom. The summed E-state index contributed by atoms with van der Waals surface area (Å²) in [6.45, 7) is 2.97. The summed E-state index contributed by atoms with van der Waals surface area (Å²) < 4.78 is 20.1. The Morgan fingerprint density at radius 2 is 2.22 bits per heavy atom. The molecule has 0 unspecified atom stereocenters. The second-order valence-corrected chi connectivity index (χ2v) is 11.1. The van der Waals surface area contributed by atoms with E-state index >= 15 is 4.39 Å². The standard InChI is InChI=1S/C26H24BrFN6OS/c1-13(33-7-6-30-12-20(33)35)19-10-17-25(34(19)24-15-9-18(24)31-11-15)16-8-14(4-3-5-29)21(27)22(28)23(16)32-26(17)36-2/h6-8,10,12-13,15,18,24,31H,3-4,9,11H2,1-2H3/t13-,15-,18-,24+/m1/s1. The van der Waals surface area contributed by atoms with E-state index in [1.165, 1.54) is 18.0 Å². The van der Waals surface area contributed by atoms with E-state index in [1.54, 1.807) is 17.0 Å². The van der Waals surface area contributed by atoms with Gasteiger partial charge in [0.25, 0.3) is 5.56 Å². The van der Waals surface area contributed by atoms with E-state index in [4.69, 9.17) is 10.2 Å². The molecule has 0 spiro atoms. The van der Waals surface area contributed by atoms with Gasteiger partial charge in [0.2, 0.25) is 0 Å². The Balaban J connectivity index is 1.71. The second-order valence-electron chi connectivity index (χ2n) is 9.54. The lowest BCUT2D eigenvalue weighted by Gasteiger charge is -2.38. The number of rotatable bonds is 6. The van der Waals surface area contributed by atoms with Crippen molar-refractivity contribution in [2.75, 3.05) is 12.8 Å². The van der Waals surface area contributed by atoms with E-state index in [-0.39, 0.29) is 17.6 Å². The van der Waals surface area contributed by atoms with Crippen molar-refractivity contribution in [1.29, 1.82) is 5.26 Å². The minimum atomic E-state index is -0.403. The Bertz CT molecular complexity index is 1610. The number of hydrogen-bond acceptors (Lipinski definition) is 6. The van der Waals surface area contributed by atoms with Crippen molar-refractivity contribution in [2.45, 2.75) is 49.3 Å². The van der Waals surface area contributed by atoms with Crippen LogP contribution in [0.15, 0.2) is 45.0 Å². The molecule has 4 atom stereocenters. The zero-order valence-electron chi connectivity index (χ0n) is 19.8. The number of benzene rings is 1. The normalized spacial score (nSPS) is 21.6. The first-order valence-corrected chi connectivity index (χ1v) is 14.0. The zero-order valence-corrected chi connectivity index (χ0v) is 22.2. The number of aromatic nitrogens is 4. The molecular formula is C26H24BrFN6OS. The van der Waals surface area contributed by atoms with Crippen molar-refractivity contribution >= 4 is 49.5 Å². The molecule has 2 bridgehead atoms. The second kappa shape index (κ2) is 8.98. The van der Waals surface area contributed by atoms with Gasteiger partial charge in [-0.2, -0.15) is 5.26 Å². The van der Waals surface area contributed by atoms with E-state index in [0.29, 0.717) is 34.8 Å².